The van der Waals surface area contributed by atoms with E-state index >= 15 is 0 Å². The predicted octanol–water partition coefficient (Wildman–Crippen LogP) is 7.84. The molecule has 5 aromatic carbocycles. The molecule has 2 heterocycles. The summed E-state index contributed by atoms with van der Waals surface area (Å²) in [6.07, 6.45) is -4.41. The molecule has 1 unspecified atom stereocenters. The Morgan fingerprint density at radius 3 is 2.31 bits per heavy atom. The number of hydrogen-bond donors (Lipinski definition) is 1. The fourth-order valence-corrected chi connectivity index (χ4v) is 6.77. The van der Waals surface area contributed by atoms with E-state index in [1.165, 1.54) is 12.1 Å². The maximum Gasteiger partial charge on any atom is 0.416 e. The smallest absolute Gasteiger partial charge is 0.376 e. The third-order valence-corrected chi connectivity index (χ3v) is 9.40. The highest BCUT2D eigenvalue weighted by Gasteiger charge is 2.32. The summed E-state index contributed by atoms with van der Waals surface area (Å²) in [5.41, 5.74) is 5.98. The number of hydrogen-bond acceptors (Lipinski definition) is 8. The van der Waals surface area contributed by atoms with Gasteiger partial charge in [0.05, 0.1) is 46.8 Å². The molecule has 0 radical (unpaired) electrons. The maximum atomic E-state index is 13.5. The minimum Gasteiger partial charge on any atom is -0.376 e. The Morgan fingerprint density at radius 2 is 1.52 bits per heavy atom. The van der Waals surface area contributed by atoms with E-state index in [0.717, 1.165) is 39.9 Å². The second-order valence-electron chi connectivity index (χ2n) is 12.5. The first kappa shape index (κ1) is 34.3. The van der Waals surface area contributed by atoms with E-state index < -0.39 is 11.7 Å². The Labute approximate surface area is 300 Å². The van der Waals surface area contributed by atoms with Crippen molar-refractivity contribution in [1.29, 1.82) is 5.26 Å². The SMILES string of the molecule is CN(c1ccccc1)c1ccccc1NCc1nnnn1-c1cccc(C(c2ccccc2C#N)N2CCN(c3cccc(C(F)(F)F)c3)CC2)c1. The van der Waals surface area contributed by atoms with Crippen LogP contribution in [0.5, 0.6) is 0 Å². The van der Waals surface area contributed by atoms with Gasteiger partial charge in [0.2, 0.25) is 0 Å². The minimum atomic E-state index is -4.41. The first-order valence-electron chi connectivity index (χ1n) is 16.9. The molecule has 1 N–H and O–H groups in total. The number of anilines is 4. The van der Waals surface area contributed by atoms with Gasteiger partial charge in [-0.25, -0.2) is 0 Å². The van der Waals surface area contributed by atoms with E-state index in [1.807, 2.05) is 96.9 Å². The molecule has 6 aromatic rings. The van der Waals surface area contributed by atoms with E-state index in [0.29, 0.717) is 49.8 Å². The number of nitriles is 1. The topological polar surface area (TPSA) is 89.1 Å². The van der Waals surface area contributed by atoms with Crippen LogP contribution in [0, 0.1) is 11.3 Å². The fourth-order valence-electron chi connectivity index (χ4n) is 6.77. The fraction of sp³-hybridized carbons (Fsp3) is 0.200. The van der Waals surface area contributed by atoms with E-state index in [-0.39, 0.29) is 6.04 Å². The van der Waals surface area contributed by atoms with Crippen molar-refractivity contribution in [3.8, 4) is 11.8 Å². The van der Waals surface area contributed by atoms with Crippen molar-refractivity contribution in [1.82, 2.24) is 25.1 Å². The molecule has 9 nitrogen and oxygen atoms in total. The Balaban J connectivity index is 1.14. The van der Waals surface area contributed by atoms with E-state index in [4.69, 9.17) is 0 Å². The minimum absolute atomic E-state index is 0.294. The van der Waals surface area contributed by atoms with Gasteiger partial charge in [0.15, 0.2) is 5.82 Å². The van der Waals surface area contributed by atoms with Crippen LogP contribution in [-0.4, -0.2) is 58.3 Å². The average molecular weight is 700 g/mol. The number of nitrogens with zero attached hydrogens (tertiary/aromatic N) is 8. The van der Waals surface area contributed by atoms with Crippen molar-refractivity contribution < 1.29 is 13.2 Å². The van der Waals surface area contributed by atoms with E-state index in [2.05, 4.69) is 54.9 Å². The van der Waals surface area contributed by atoms with Crippen LogP contribution in [0.15, 0.2) is 127 Å². The molecule has 0 saturated carbocycles. The Bertz CT molecular complexity index is 2170. The number of rotatable bonds is 10. The Morgan fingerprint density at radius 1 is 0.808 bits per heavy atom. The number of alkyl halides is 3. The van der Waals surface area contributed by atoms with Gasteiger partial charge in [-0.15, -0.1) is 5.10 Å². The number of tetrazole rings is 1. The summed E-state index contributed by atoms with van der Waals surface area (Å²) >= 11 is 0. The Kier molecular flexibility index (Phi) is 9.86. The summed E-state index contributed by atoms with van der Waals surface area (Å²) in [5.74, 6) is 0.609. The molecule has 0 amide bonds. The largest absolute Gasteiger partial charge is 0.416 e. The highest BCUT2D eigenvalue weighted by atomic mass is 19.4. The summed E-state index contributed by atoms with van der Waals surface area (Å²) < 4.78 is 42.1. The Hall–Kier alpha value is -6.19. The molecule has 1 aliphatic heterocycles. The van der Waals surface area contributed by atoms with Gasteiger partial charge in [-0.05, 0) is 82.2 Å². The number of para-hydroxylation sites is 3. The average Bonchev–Trinajstić information content (AvgIpc) is 3.66. The molecule has 7 rings (SSSR count). The predicted molar refractivity (Wildman–Crippen MR) is 196 cm³/mol. The van der Waals surface area contributed by atoms with Gasteiger partial charge in [0.1, 0.15) is 0 Å². The monoisotopic (exact) mass is 699 g/mol. The molecule has 0 spiro atoms. The van der Waals surface area contributed by atoms with Gasteiger partial charge in [-0.1, -0.05) is 66.7 Å². The van der Waals surface area contributed by atoms with Crippen LogP contribution in [-0.2, 0) is 12.7 Å². The van der Waals surface area contributed by atoms with Crippen LogP contribution in [0.25, 0.3) is 5.69 Å². The highest BCUT2D eigenvalue weighted by molar-refractivity contribution is 5.76. The van der Waals surface area contributed by atoms with Crippen molar-refractivity contribution in [2.24, 2.45) is 0 Å². The second kappa shape index (κ2) is 15.0. The van der Waals surface area contributed by atoms with Crippen molar-refractivity contribution in [3.63, 3.8) is 0 Å². The zero-order valence-electron chi connectivity index (χ0n) is 28.4. The quantitative estimate of drug-likeness (QED) is 0.155. The van der Waals surface area contributed by atoms with Gasteiger partial charge >= 0.3 is 6.18 Å². The number of nitrogens with one attached hydrogen (secondary N) is 1. The molecule has 1 aromatic heterocycles. The van der Waals surface area contributed by atoms with Crippen molar-refractivity contribution in [3.05, 3.63) is 155 Å². The molecule has 1 fully saturated rings. The summed E-state index contributed by atoms with van der Waals surface area (Å²) in [4.78, 5) is 6.38. The highest BCUT2D eigenvalue weighted by Crippen LogP contribution is 2.36. The van der Waals surface area contributed by atoms with Gasteiger partial charge in [0, 0.05) is 44.6 Å². The van der Waals surface area contributed by atoms with Gasteiger partial charge in [0.25, 0.3) is 0 Å². The van der Waals surface area contributed by atoms with Crippen LogP contribution in [0.4, 0.5) is 35.9 Å². The molecule has 0 bridgehead atoms. The molecule has 262 valence electrons. The lowest BCUT2D eigenvalue weighted by atomic mass is 9.92. The molecule has 52 heavy (non-hydrogen) atoms. The first-order chi connectivity index (χ1) is 25.3. The van der Waals surface area contributed by atoms with Crippen LogP contribution < -0.4 is 15.1 Å². The van der Waals surface area contributed by atoms with Crippen molar-refractivity contribution >= 4 is 22.7 Å². The third kappa shape index (κ3) is 7.31. The number of benzene rings is 5. The molecule has 1 saturated heterocycles. The van der Waals surface area contributed by atoms with E-state index in [1.54, 1.807) is 10.7 Å². The summed E-state index contributed by atoms with van der Waals surface area (Å²) in [5, 5.41) is 26.3. The van der Waals surface area contributed by atoms with Crippen LogP contribution in [0.1, 0.15) is 34.1 Å². The molecule has 1 aliphatic rings. The normalized spacial score (nSPS) is 14.1. The lowest BCUT2D eigenvalue weighted by Crippen LogP contribution is -2.48. The van der Waals surface area contributed by atoms with Gasteiger partial charge in [-0.2, -0.15) is 23.1 Å². The van der Waals surface area contributed by atoms with E-state index in [9.17, 15) is 18.4 Å². The molecular formula is C40H36F3N9. The maximum absolute atomic E-state index is 13.5. The summed E-state index contributed by atoms with van der Waals surface area (Å²) in [6, 6.07) is 41.2. The molecule has 0 aliphatic carbocycles. The molecular weight excluding hydrogens is 663 g/mol. The summed E-state index contributed by atoms with van der Waals surface area (Å²) in [7, 11) is 2.03. The van der Waals surface area contributed by atoms with Crippen molar-refractivity contribution in [2.45, 2.75) is 18.8 Å². The van der Waals surface area contributed by atoms with Gasteiger partial charge < -0.3 is 15.1 Å². The number of piperazine rings is 1. The van der Waals surface area contributed by atoms with Gasteiger partial charge in [-0.3, -0.25) is 4.90 Å². The zero-order valence-corrected chi connectivity index (χ0v) is 28.4. The first-order valence-corrected chi connectivity index (χ1v) is 16.9. The van der Waals surface area contributed by atoms with Crippen LogP contribution in [0.2, 0.25) is 0 Å². The van der Waals surface area contributed by atoms with Crippen LogP contribution >= 0.6 is 0 Å². The molecule has 12 heteroatoms. The second-order valence-corrected chi connectivity index (χ2v) is 12.5. The standard InChI is InChI=1S/C40H36F3N9/c1-49(32-14-3-2-4-15-32)37-20-8-7-19-36(37)45-28-38-46-47-48-52(38)34-17-9-12-29(25-34)39(35-18-6-5-11-30(35)27-44)51-23-21-50(22-24-51)33-16-10-13-31(26-33)40(41,42)43/h2-20,25-26,39,45H,21-24,28H2,1H3. The van der Waals surface area contributed by atoms with Crippen LogP contribution in [0.3, 0.4) is 0 Å². The number of halogens is 3. The summed E-state index contributed by atoms with van der Waals surface area (Å²) in [6.45, 7) is 2.55. The zero-order chi connectivity index (χ0) is 36.1. The lowest BCUT2D eigenvalue weighted by molar-refractivity contribution is -0.137. The third-order valence-electron chi connectivity index (χ3n) is 9.40. The van der Waals surface area contributed by atoms with Crippen molar-refractivity contribution in [2.75, 3.05) is 48.3 Å². The molecule has 1 atom stereocenters. The number of aromatic nitrogens is 4. The lowest BCUT2D eigenvalue weighted by Gasteiger charge is -2.41.